The summed E-state index contributed by atoms with van der Waals surface area (Å²) in [7, 11) is 0. The van der Waals surface area contributed by atoms with Crippen LogP contribution in [-0.4, -0.2) is 29.9 Å². The molecule has 6 heteroatoms. The fraction of sp³-hybridized carbons (Fsp3) is 0.562. The number of rotatable bonds is 5. The second-order valence-electron chi connectivity index (χ2n) is 5.60. The van der Waals surface area contributed by atoms with Gasteiger partial charge in [-0.25, -0.2) is 4.79 Å². The molecule has 1 fully saturated rings. The lowest BCUT2D eigenvalue weighted by Gasteiger charge is -2.26. The van der Waals surface area contributed by atoms with Crippen molar-refractivity contribution in [3.63, 3.8) is 0 Å². The summed E-state index contributed by atoms with van der Waals surface area (Å²) in [5, 5.41) is 15.6. The van der Waals surface area contributed by atoms with E-state index in [1.165, 1.54) is 0 Å². The topological polar surface area (TPSA) is 70.6 Å². The predicted octanol–water partition coefficient (Wildman–Crippen LogP) is 3.55. The highest BCUT2D eigenvalue weighted by atomic mass is 35.5. The van der Waals surface area contributed by atoms with Gasteiger partial charge in [-0.1, -0.05) is 18.5 Å². The van der Waals surface area contributed by atoms with Crippen LogP contribution in [0.4, 0.5) is 10.5 Å². The first kappa shape index (κ1) is 16.9. The van der Waals surface area contributed by atoms with Crippen molar-refractivity contribution in [1.82, 2.24) is 5.32 Å². The molecule has 1 aromatic carbocycles. The highest BCUT2D eigenvalue weighted by Gasteiger charge is 2.20. The summed E-state index contributed by atoms with van der Waals surface area (Å²) in [6.07, 6.45) is 3.77. The van der Waals surface area contributed by atoms with Gasteiger partial charge >= 0.3 is 6.03 Å². The summed E-state index contributed by atoms with van der Waals surface area (Å²) in [5.41, 5.74) is 0.627. The summed E-state index contributed by atoms with van der Waals surface area (Å²) in [6, 6.07) is 5.06. The van der Waals surface area contributed by atoms with Crippen LogP contribution < -0.4 is 15.4 Å². The first-order chi connectivity index (χ1) is 10.6. The number of halogens is 1. The number of urea groups is 1. The van der Waals surface area contributed by atoms with Crippen LogP contribution in [0.2, 0.25) is 5.02 Å². The fourth-order valence-corrected chi connectivity index (χ4v) is 2.72. The van der Waals surface area contributed by atoms with Crippen molar-refractivity contribution in [2.75, 3.05) is 11.9 Å². The van der Waals surface area contributed by atoms with E-state index in [4.69, 9.17) is 16.3 Å². The van der Waals surface area contributed by atoms with Crippen LogP contribution in [0.1, 0.15) is 39.0 Å². The Labute approximate surface area is 136 Å². The van der Waals surface area contributed by atoms with Crippen molar-refractivity contribution >= 4 is 23.3 Å². The van der Waals surface area contributed by atoms with Gasteiger partial charge in [0.2, 0.25) is 0 Å². The molecule has 1 aliphatic carbocycles. The zero-order valence-electron chi connectivity index (χ0n) is 12.8. The lowest BCUT2D eigenvalue weighted by molar-refractivity contribution is 0.118. The molecular formula is C16H23ClN2O3. The van der Waals surface area contributed by atoms with E-state index in [-0.39, 0.29) is 18.2 Å². The van der Waals surface area contributed by atoms with Gasteiger partial charge in [0.15, 0.2) is 0 Å². The van der Waals surface area contributed by atoms with E-state index in [9.17, 15) is 9.90 Å². The van der Waals surface area contributed by atoms with Gasteiger partial charge in [-0.05, 0) is 50.3 Å². The number of aliphatic hydroxyl groups is 1. The van der Waals surface area contributed by atoms with Crippen molar-refractivity contribution in [3.05, 3.63) is 23.2 Å². The molecule has 0 heterocycles. The molecule has 22 heavy (non-hydrogen) atoms. The van der Waals surface area contributed by atoms with Crippen LogP contribution in [-0.2, 0) is 0 Å². The fourth-order valence-electron chi connectivity index (χ4n) is 2.48. The van der Waals surface area contributed by atoms with E-state index in [0.717, 1.165) is 32.1 Å². The molecule has 0 atom stereocenters. The van der Waals surface area contributed by atoms with Gasteiger partial charge in [-0.15, -0.1) is 0 Å². The molecule has 2 rings (SSSR count). The summed E-state index contributed by atoms with van der Waals surface area (Å²) in [6.45, 7) is 2.64. The van der Waals surface area contributed by atoms with Gasteiger partial charge < -0.3 is 20.5 Å². The molecule has 0 saturated heterocycles. The molecule has 1 aliphatic rings. The van der Waals surface area contributed by atoms with E-state index in [0.29, 0.717) is 23.1 Å². The highest BCUT2D eigenvalue weighted by Crippen LogP contribution is 2.28. The van der Waals surface area contributed by atoms with Crippen molar-refractivity contribution in [2.24, 2.45) is 0 Å². The van der Waals surface area contributed by atoms with E-state index < -0.39 is 0 Å². The molecule has 0 aromatic heterocycles. The molecule has 0 spiro atoms. The number of anilines is 1. The minimum Gasteiger partial charge on any atom is -0.492 e. The molecule has 2 amide bonds. The zero-order valence-corrected chi connectivity index (χ0v) is 13.5. The van der Waals surface area contributed by atoms with Crippen molar-refractivity contribution in [3.8, 4) is 5.75 Å². The van der Waals surface area contributed by atoms with Gasteiger partial charge in [0.1, 0.15) is 5.75 Å². The Kier molecular flexibility index (Phi) is 6.34. The second-order valence-corrected chi connectivity index (χ2v) is 6.00. The number of ether oxygens (including phenoxy) is 1. The Morgan fingerprint density at radius 1 is 1.36 bits per heavy atom. The predicted molar refractivity (Wildman–Crippen MR) is 87.7 cm³/mol. The number of benzene rings is 1. The number of nitrogens with one attached hydrogen (secondary N) is 2. The maximum atomic E-state index is 12.0. The lowest BCUT2D eigenvalue weighted by atomic mass is 9.93. The van der Waals surface area contributed by atoms with Gasteiger partial charge in [0, 0.05) is 11.7 Å². The molecule has 0 aliphatic heterocycles. The summed E-state index contributed by atoms with van der Waals surface area (Å²) in [5.74, 6) is 0.621. The number of hydrogen-bond acceptors (Lipinski definition) is 3. The molecule has 3 N–H and O–H groups in total. The smallest absolute Gasteiger partial charge is 0.319 e. The Hall–Kier alpha value is -1.46. The maximum Gasteiger partial charge on any atom is 0.319 e. The van der Waals surface area contributed by atoms with Gasteiger partial charge in [-0.3, -0.25) is 0 Å². The van der Waals surface area contributed by atoms with Crippen LogP contribution in [0.25, 0.3) is 0 Å². The number of amides is 2. The standard InChI is InChI=1S/C16H23ClN2O3/c1-2-9-22-15-8-5-12(10-14(15)17)19-16(21)18-11-3-6-13(20)7-4-11/h5,8,10-11,13,20H,2-4,6-7,9H2,1H3,(H2,18,19,21). The van der Waals surface area contributed by atoms with Crippen molar-refractivity contribution in [1.29, 1.82) is 0 Å². The minimum absolute atomic E-state index is 0.117. The molecular weight excluding hydrogens is 304 g/mol. The average Bonchev–Trinajstić information content (AvgIpc) is 2.49. The second kappa shape index (κ2) is 8.25. The van der Waals surface area contributed by atoms with E-state index in [2.05, 4.69) is 10.6 Å². The minimum atomic E-state index is -0.250. The molecule has 5 nitrogen and oxygen atoms in total. The summed E-state index contributed by atoms with van der Waals surface area (Å²) in [4.78, 5) is 12.0. The Balaban J connectivity index is 1.84. The quantitative estimate of drug-likeness (QED) is 0.775. The number of hydrogen-bond donors (Lipinski definition) is 3. The van der Waals surface area contributed by atoms with Crippen LogP contribution in [0, 0.1) is 0 Å². The van der Waals surface area contributed by atoms with Gasteiger partial charge in [0.25, 0.3) is 0 Å². The van der Waals surface area contributed by atoms with Crippen LogP contribution in [0.5, 0.6) is 5.75 Å². The molecule has 1 aromatic rings. The van der Waals surface area contributed by atoms with Gasteiger partial charge in [-0.2, -0.15) is 0 Å². The first-order valence-electron chi connectivity index (χ1n) is 7.76. The number of carbonyl (C=O) groups is 1. The maximum absolute atomic E-state index is 12.0. The third kappa shape index (κ3) is 5.07. The normalized spacial score (nSPS) is 21.2. The van der Waals surface area contributed by atoms with Crippen LogP contribution >= 0.6 is 11.6 Å². The SMILES string of the molecule is CCCOc1ccc(NC(=O)NC2CCC(O)CC2)cc1Cl. The largest absolute Gasteiger partial charge is 0.492 e. The van der Waals surface area contributed by atoms with Gasteiger partial charge in [0.05, 0.1) is 17.7 Å². The zero-order chi connectivity index (χ0) is 15.9. The highest BCUT2D eigenvalue weighted by molar-refractivity contribution is 6.32. The monoisotopic (exact) mass is 326 g/mol. The Morgan fingerprint density at radius 3 is 2.73 bits per heavy atom. The van der Waals surface area contributed by atoms with Crippen molar-refractivity contribution in [2.45, 2.75) is 51.2 Å². The number of aliphatic hydroxyl groups excluding tert-OH is 1. The molecule has 1 saturated carbocycles. The summed E-state index contributed by atoms with van der Waals surface area (Å²) >= 11 is 6.13. The van der Waals surface area contributed by atoms with Crippen LogP contribution in [0.3, 0.4) is 0 Å². The van der Waals surface area contributed by atoms with E-state index in [1.54, 1.807) is 18.2 Å². The molecule has 0 unspecified atom stereocenters. The molecule has 0 bridgehead atoms. The summed E-state index contributed by atoms with van der Waals surface area (Å²) < 4.78 is 5.49. The third-order valence-corrected chi connectivity index (χ3v) is 3.98. The lowest BCUT2D eigenvalue weighted by Crippen LogP contribution is -2.40. The first-order valence-corrected chi connectivity index (χ1v) is 8.14. The Bertz CT molecular complexity index is 502. The molecule has 0 radical (unpaired) electrons. The van der Waals surface area contributed by atoms with Crippen LogP contribution in [0.15, 0.2) is 18.2 Å². The van der Waals surface area contributed by atoms with E-state index in [1.807, 2.05) is 6.92 Å². The van der Waals surface area contributed by atoms with E-state index >= 15 is 0 Å². The average molecular weight is 327 g/mol. The third-order valence-electron chi connectivity index (χ3n) is 3.68. The molecule has 122 valence electrons. The Morgan fingerprint density at radius 2 is 2.09 bits per heavy atom. The van der Waals surface area contributed by atoms with Crippen molar-refractivity contribution < 1.29 is 14.6 Å². The number of carbonyl (C=O) groups excluding carboxylic acids is 1.